The van der Waals surface area contributed by atoms with Crippen molar-refractivity contribution in [3.63, 3.8) is 0 Å². The van der Waals surface area contributed by atoms with Gasteiger partial charge in [0.15, 0.2) is 6.10 Å². The number of nitro groups is 1. The minimum atomic E-state index is -0.549. The van der Waals surface area contributed by atoms with E-state index in [9.17, 15) is 14.9 Å². The Morgan fingerprint density at radius 2 is 2.21 bits per heavy atom. The number of H-pyrrole nitrogens is 1. The lowest BCUT2D eigenvalue weighted by molar-refractivity contribution is -0.383. The molecule has 9 heteroatoms. The Labute approximate surface area is 159 Å². The minimum Gasteiger partial charge on any atom is -0.476 e. The number of anilines is 1. The van der Waals surface area contributed by atoms with E-state index in [0.717, 1.165) is 5.56 Å². The Morgan fingerprint density at radius 3 is 2.93 bits per heavy atom. The number of hydrogen-bond acceptors (Lipinski definition) is 7. The average Bonchev–Trinajstić information content (AvgIpc) is 2.70. The van der Waals surface area contributed by atoms with Crippen molar-refractivity contribution in [1.29, 1.82) is 5.26 Å². The van der Waals surface area contributed by atoms with Crippen molar-refractivity contribution < 1.29 is 9.66 Å². The van der Waals surface area contributed by atoms with Crippen molar-refractivity contribution in [2.45, 2.75) is 26.0 Å². The summed E-state index contributed by atoms with van der Waals surface area (Å²) in [5, 5.41) is 23.6. The molecule has 1 atom stereocenters. The van der Waals surface area contributed by atoms with E-state index in [1.54, 1.807) is 18.2 Å². The van der Waals surface area contributed by atoms with Crippen molar-refractivity contribution >= 4 is 22.3 Å². The standard InChI is InChI=1S/C19H17N5O4/c1-2-13(9-20)28-14-5-3-4-12(6-14)10-21-17-8-16-15(7-18(17)24(26)27)19(25)23-11-22-16/h3-8,11,13,21H,2,10H2,1H3,(H,22,23,25). The topological polar surface area (TPSA) is 134 Å². The van der Waals surface area contributed by atoms with Crippen LogP contribution in [0.5, 0.6) is 5.75 Å². The molecule has 0 aliphatic heterocycles. The second-order valence-electron chi connectivity index (χ2n) is 6.02. The molecule has 3 rings (SSSR count). The van der Waals surface area contributed by atoms with Crippen molar-refractivity contribution in [2.75, 3.05) is 5.32 Å². The number of nitrogens with zero attached hydrogens (tertiary/aromatic N) is 3. The van der Waals surface area contributed by atoms with Gasteiger partial charge in [0.25, 0.3) is 11.2 Å². The third kappa shape index (κ3) is 4.07. The van der Waals surface area contributed by atoms with Gasteiger partial charge >= 0.3 is 0 Å². The summed E-state index contributed by atoms with van der Waals surface area (Å²) in [5.74, 6) is 0.550. The maximum Gasteiger partial charge on any atom is 0.293 e. The molecule has 0 saturated carbocycles. The lowest BCUT2D eigenvalue weighted by atomic mass is 10.1. The van der Waals surface area contributed by atoms with Crippen molar-refractivity contribution in [3.8, 4) is 11.8 Å². The van der Waals surface area contributed by atoms with Gasteiger partial charge in [0.05, 0.1) is 22.2 Å². The first-order chi connectivity index (χ1) is 13.5. The largest absolute Gasteiger partial charge is 0.476 e. The summed E-state index contributed by atoms with van der Waals surface area (Å²) < 4.78 is 5.59. The van der Waals surface area contributed by atoms with Gasteiger partial charge < -0.3 is 15.0 Å². The Hall–Kier alpha value is -3.93. The van der Waals surface area contributed by atoms with Gasteiger partial charge in [-0.2, -0.15) is 5.26 Å². The molecule has 1 unspecified atom stereocenters. The van der Waals surface area contributed by atoms with Gasteiger partial charge in [-0.25, -0.2) is 4.98 Å². The summed E-state index contributed by atoms with van der Waals surface area (Å²) in [7, 11) is 0. The molecule has 9 nitrogen and oxygen atoms in total. The fraction of sp³-hybridized carbons (Fsp3) is 0.211. The van der Waals surface area contributed by atoms with Gasteiger partial charge in [0.1, 0.15) is 17.5 Å². The molecule has 0 saturated heterocycles. The van der Waals surface area contributed by atoms with E-state index in [1.165, 1.54) is 18.5 Å². The number of nitrogens with one attached hydrogen (secondary N) is 2. The molecule has 0 spiro atoms. The summed E-state index contributed by atoms with van der Waals surface area (Å²) in [6, 6.07) is 11.9. The fourth-order valence-electron chi connectivity index (χ4n) is 2.69. The van der Waals surface area contributed by atoms with Gasteiger partial charge in [0.2, 0.25) is 0 Å². The number of ether oxygens (including phenoxy) is 1. The van der Waals surface area contributed by atoms with Crippen molar-refractivity contribution in [1.82, 2.24) is 9.97 Å². The Balaban J connectivity index is 1.85. The molecule has 3 aromatic rings. The zero-order valence-corrected chi connectivity index (χ0v) is 15.0. The van der Waals surface area contributed by atoms with Crippen LogP contribution in [-0.2, 0) is 6.54 Å². The number of hydrogen-bond donors (Lipinski definition) is 2. The average molecular weight is 379 g/mol. The third-order valence-corrected chi connectivity index (χ3v) is 4.13. The highest BCUT2D eigenvalue weighted by Crippen LogP contribution is 2.28. The SMILES string of the molecule is CCC(C#N)Oc1cccc(CNc2cc3nc[nH]c(=O)c3cc2[N+](=O)[O-])c1. The maximum absolute atomic E-state index is 11.8. The highest BCUT2D eigenvalue weighted by Gasteiger charge is 2.17. The number of fused-ring (bicyclic) bond motifs is 1. The Bertz CT molecular complexity index is 1120. The van der Waals surface area contributed by atoms with E-state index in [0.29, 0.717) is 17.7 Å². The van der Waals surface area contributed by atoms with Crippen LogP contribution in [0, 0.1) is 21.4 Å². The van der Waals surface area contributed by atoms with Gasteiger partial charge in [-0.3, -0.25) is 14.9 Å². The van der Waals surface area contributed by atoms with Crippen LogP contribution in [0.15, 0.2) is 47.5 Å². The zero-order chi connectivity index (χ0) is 20.1. The smallest absolute Gasteiger partial charge is 0.293 e. The lowest BCUT2D eigenvalue weighted by Crippen LogP contribution is -2.12. The molecule has 142 valence electrons. The third-order valence-electron chi connectivity index (χ3n) is 4.13. The van der Waals surface area contributed by atoms with E-state index in [4.69, 9.17) is 10.00 Å². The molecular formula is C19H17N5O4. The normalized spacial score (nSPS) is 11.6. The Kier molecular flexibility index (Phi) is 5.50. The number of nitro benzene ring substituents is 1. The first-order valence-electron chi connectivity index (χ1n) is 8.56. The maximum atomic E-state index is 11.8. The van der Waals surface area contributed by atoms with E-state index >= 15 is 0 Å². The first kappa shape index (κ1) is 18.8. The highest BCUT2D eigenvalue weighted by molar-refractivity contribution is 5.86. The van der Waals surface area contributed by atoms with Gasteiger partial charge in [-0.15, -0.1) is 0 Å². The van der Waals surface area contributed by atoms with Crippen LogP contribution < -0.4 is 15.6 Å². The van der Waals surface area contributed by atoms with Crippen LogP contribution in [0.3, 0.4) is 0 Å². The second kappa shape index (κ2) is 8.18. The molecule has 2 N–H and O–H groups in total. The van der Waals surface area contributed by atoms with Crippen LogP contribution in [0.2, 0.25) is 0 Å². The zero-order valence-electron chi connectivity index (χ0n) is 15.0. The van der Waals surface area contributed by atoms with Gasteiger partial charge in [-0.05, 0) is 30.2 Å². The number of rotatable bonds is 7. The molecule has 2 aromatic carbocycles. The van der Waals surface area contributed by atoms with Crippen LogP contribution >= 0.6 is 0 Å². The summed E-state index contributed by atoms with van der Waals surface area (Å²) in [6.07, 6.45) is 1.28. The molecule has 0 aliphatic carbocycles. The van der Waals surface area contributed by atoms with E-state index in [2.05, 4.69) is 21.4 Å². The first-order valence-corrected chi connectivity index (χ1v) is 8.56. The van der Waals surface area contributed by atoms with Crippen LogP contribution in [0.25, 0.3) is 10.9 Å². The van der Waals surface area contributed by atoms with Crippen LogP contribution in [-0.4, -0.2) is 21.0 Å². The Morgan fingerprint density at radius 1 is 1.39 bits per heavy atom. The molecule has 0 radical (unpaired) electrons. The van der Waals surface area contributed by atoms with Gasteiger partial charge in [-0.1, -0.05) is 19.1 Å². The quantitative estimate of drug-likeness (QED) is 0.476. The van der Waals surface area contributed by atoms with Crippen molar-refractivity contribution in [3.05, 3.63) is 68.8 Å². The molecule has 1 heterocycles. The summed E-state index contributed by atoms with van der Waals surface area (Å²) in [6.45, 7) is 2.15. The van der Waals surface area contributed by atoms with E-state index in [-0.39, 0.29) is 23.3 Å². The van der Waals surface area contributed by atoms with E-state index in [1.807, 2.05) is 13.0 Å². The van der Waals surface area contributed by atoms with Crippen LogP contribution in [0.4, 0.5) is 11.4 Å². The predicted molar refractivity (Wildman–Crippen MR) is 103 cm³/mol. The molecule has 28 heavy (non-hydrogen) atoms. The van der Waals surface area contributed by atoms with E-state index < -0.39 is 16.6 Å². The second-order valence-corrected chi connectivity index (χ2v) is 6.02. The van der Waals surface area contributed by atoms with Crippen LogP contribution in [0.1, 0.15) is 18.9 Å². The number of benzene rings is 2. The molecular weight excluding hydrogens is 362 g/mol. The lowest BCUT2D eigenvalue weighted by Gasteiger charge is -2.12. The highest BCUT2D eigenvalue weighted by atomic mass is 16.6. The molecule has 0 bridgehead atoms. The summed E-state index contributed by atoms with van der Waals surface area (Å²) >= 11 is 0. The number of aromatic amines is 1. The monoisotopic (exact) mass is 379 g/mol. The van der Waals surface area contributed by atoms with Gasteiger partial charge in [0, 0.05) is 12.6 Å². The number of aromatic nitrogens is 2. The number of nitriles is 1. The predicted octanol–water partition coefficient (Wildman–Crippen LogP) is 3.12. The summed E-state index contributed by atoms with van der Waals surface area (Å²) in [5.41, 5.74) is 0.777. The minimum absolute atomic E-state index is 0.150. The summed E-state index contributed by atoms with van der Waals surface area (Å²) in [4.78, 5) is 29.2. The molecule has 0 aliphatic rings. The van der Waals surface area contributed by atoms with Crippen molar-refractivity contribution in [2.24, 2.45) is 0 Å². The molecule has 0 fully saturated rings. The molecule has 1 aromatic heterocycles. The molecule has 0 amide bonds. The fourth-order valence-corrected chi connectivity index (χ4v) is 2.69.